The Kier molecular flexibility index (Phi) is 4.39. The number of nitro groups is 1. The fraction of sp³-hybridized carbons (Fsp3) is 0.500. The summed E-state index contributed by atoms with van der Waals surface area (Å²) in [5.74, 6) is 0.662. The minimum atomic E-state index is -0.399. The van der Waals surface area contributed by atoms with Gasteiger partial charge in [-0.15, -0.1) is 0 Å². The first-order valence-corrected chi connectivity index (χ1v) is 7.00. The average molecular weight is 362 g/mol. The zero-order chi connectivity index (χ0) is 13.1. The third kappa shape index (κ3) is 2.92. The monoisotopic (exact) mass is 362 g/mol. The van der Waals surface area contributed by atoms with Gasteiger partial charge in [-0.1, -0.05) is 0 Å². The minimum absolute atomic E-state index is 0.00811. The van der Waals surface area contributed by atoms with Gasteiger partial charge in [0.25, 0.3) is 0 Å². The number of benzene rings is 1. The largest absolute Gasteiger partial charge is 0.483 e. The molecule has 6 heteroatoms. The lowest BCUT2D eigenvalue weighted by molar-refractivity contribution is -0.386. The fourth-order valence-electron chi connectivity index (χ4n) is 2.32. The molecule has 0 heterocycles. The molecule has 0 aliphatic heterocycles. The van der Waals surface area contributed by atoms with E-state index in [-0.39, 0.29) is 11.8 Å². The van der Waals surface area contributed by atoms with E-state index in [9.17, 15) is 10.1 Å². The van der Waals surface area contributed by atoms with Gasteiger partial charge in [0.15, 0.2) is 5.75 Å². The molecule has 18 heavy (non-hydrogen) atoms. The van der Waals surface area contributed by atoms with Gasteiger partial charge in [0, 0.05) is 15.6 Å². The van der Waals surface area contributed by atoms with Gasteiger partial charge >= 0.3 is 5.69 Å². The highest BCUT2D eigenvalue weighted by atomic mass is 127. The van der Waals surface area contributed by atoms with Crippen LogP contribution < -0.4 is 10.5 Å². The smallest absolute Gasteiger partial charge is 0.311 e. The molecular weight excluding hydrogens is 347 g/mol. The van der Waals surface area contributed by atoms with Gasteiger partial charge < -0.3 is 10.5 Å². The fourth-order valence-corrected chi connectivity index (χ4v) is 2.80. The quantitative estimate of drug-likeness (QED) is 0.508. The van der Waals surface area contributed by atoms with Gasteiger partial charge in [-0.05, 0) is 60.5 Å². The third-order valence-electron chi connectivity index (χ3n) is 3.29. The second kappa shape index (κ2) is 5.83. The molecule has 1 aromatic carbocycles. The molecule has 2 atom stereocenters. The Morgan fingerprint density at radius 1 is 1.50 bits per heavy atom. The summed E-state index contributed by atoms with van der Waals surface area (Å²) < 4.78 is 6.63. The van der Waals surface area contributed by atoms with Gasteiger partial charge in [0.1, 0.15) is 6.10 Å². The second-order valence-corrected chi connectivity index (χ2v) is 5.70. The maximum absolute atomic E-state index is 11.0. The van der Waals surface area contributed by atoms with Crippen molar-refractivity contribution in [2.75, 3.05) is 6.54 Å². The van der Waals surface area contributed by atoms with Crippen LogP contribution in [0.5, 0.6) is 5.75 Å². The normalized spacial score (nSPS) is 23.0. The Morgan fingerprint density at radius 2 is 2.28 bits per heavy atom. The molecule has 0 amide bonds. The number of nitrogens with zero attached hydrogens (tertiary/aromatic N) is 1. The van der Waals surface area contributed by atoms with E-state index >= 15 is 0 Å². The lowest BCUT2D eigenvalue weighted by Gasteiger charge is -2.19. The third-order valence-corrected chi connectivity index (χ3v) is 3.96. The number of rotatable bonds is 4. The number of halogens is 1. The highest BCUT2D eigenvalue weighted by molar-refractivity contribution is 14.1. The summed E-state index contributed by atoms with van der Waals surface area (Å²) in [5, 5.41) is 11.0. The molecular formula is C12H15IN2O3. The Balaban J connectivity index is 2.20. The van der Waals surface area contributed by atoms with Crippen LogP contribution in [0.1, 0.15) is 19.3 Å². The predicted octanol–water partition coefficient (Wildman–Crippen LogP) is 2.71. The van der Waals surface area contributed by atoms with Crippen molar-refractivity contribution in [2.24, 2.45) is 11.7 Å². The van der Waals surface area contributed by atoms with Crippen LogP contribution in [0, 0.1) is 19.6 Å². The summed E-state index contributed by atoms with van der Waals surface area (Å²) in [5.41, 5.74) is 5.72. The van der Waals surface area contributed by atoms with Crippen molar-refractivity contribution in [2.45, 2.75) is 25.4 Å². The van der Waals surface area contributed by atoms with Gasteiger partial charge in [0.2, 0.25) is 0 Å². The van der Waals surface area contributed by atoms with Crippen molar-refractivity contribution in [3.63, 3.8) is 0 Å². The van der Waals surface area contributed by atoms with E-state index in [0.717, 1.165) is 22.8 Å². The molecule has 2 N–H and O–H groups in total. The van der Waals surface area contributed by atoms with Gasteiger partial charge in [-0.25, -0.2) is 0 Å². The summed E-state index contributed by atoms with van der Waals surface area (Å²) >= 11 is 2.05. The van der Waals surface area contributed by atoms with Crippen LogP contribution in [0.25, 0.3) is 0 Å². The van der Waals surface area contributed by atoms with Gasteiger partial charge in [0.05, 0.1) is 4.92 Å². The van der Waals surface area contributed by atoms with Crippen molar-refractivity contribution in [3.8, 4) is 5.75 Å². The van der Waals surface area contributed by atoms with Crippen LogP contribution >= 0.6 is 22.6 Å². The van der Waals surface area contributed by atoms with E-state index in [2.05, 4.69) is 22.6 Å². The van der Waals surface area contributed by atoms with E-state index in [4.69, 9.17) is 10.5 Å². The molecule has 0 radical (unpaired) electrons. The predicted molar refractivity (Wildman–Crippen MR) is 76.6 cm³/mol. The first-order valence-electron chi connectivity index (χ1n) is 5.92. The summed E-state index contributed by atoms with van der Waals surface area (Å²) in [7, 11) is 0. The number of hydrogen-bond acceptors (Lipinski definition) is 4. The molecule has 5 nitrogen and oxygen atoms in total. The molecule has 1 aromatic rings. The van der Waals surface area contributed by atoms with E-state index in [1.54, 1.807) is 6.07 Å². The van der Waals surface area contributed by atoms with Crippen molar-refractivity contribution >= 4 is 28.3 Å². The van der Waals surface area contributed by atoms with Gasteiger partial charge in [-0.2, -0.15) is 0 Å². The zero-order valence-electron chi connectivity index (χ0n) is 9.84. The van der Waals surface area contributed by atoms with Crippen molar-refractivity contribution < 1.29 is 9.66 Å². The SMILES string of the molecule is NCC1CCCC1Oc1ccc(I)cc1[N+](=O)[O-]. The van der Waals surface area contributed by atoms with Crippen LogP contribution in [0.2, 0.25) is 0 Å². The topological polar surface area (TPSA) is 78.4 Å². The summed E-state index contributed by atoms with van der Waals surface area (Å²) in [6, 6.07) is 5.02. The van der Waals surface area contributed by atoms with Gasteiger partial charge in [-0.3, -0.25) is 10.1 Å². The van der Waals surface area contributed by atoms with Crippen LogP contribution in [0.15, 0.2) is 18.2 Å². The molecule has 0 saturated heterocycles. The lowest BCUT2D eigenvalue weighted by Crippen LogP contribution is -2.27. The van der Waals surface area contributed by atoms with Crippen LogP contribution in [0.3, 0.4) is 0 Å². The van der Waals surface area contributed by atoms with Crippen LogP contribution in [0.4, 0.5) is 5.69 Å². The Labute approximate surface area is 119 Å². The highest BCUT2D eigenvalue weighted by Gasteiger charge is 2.29. The Bertz CT molecular complexity index is 453. The van der Waals surface area contributed by atoms with E-state index < -0.39 is 4.92 Å². The van der Waals surface area contributed by atoms with Crippen molar-refractivity contribution in [3.05, 3.63) is 31.9 Å². The zero-order valence-corrected chi connectivity index (χ0v) is 12.0. The first-order chi connectivity index (χ1) is 8.61. The summed E-state index contributed by atoms with van der Waals surface area (Å²) in [6.45, 7) is 0.572. The molecule has 0 aromatic heterocycles. The van der Waals surface area contributed by atoms with Crippen molar-refractivity contribution in [1.82, 2.24) is 0 Å². The number of nitrogens with two attached hydrogens (primary N) is 1. The molecule has 0 spiro atoms. The molecule has 98 valence electrons. The second-order valence-electron chi connectivity index (χ2n) is 4.45. The first kappa shape index (κ1) is 13.5. The number of ether oxygens (including phenoxy) is 1. The molecule has 0 bridgehead atoms. The molecule has 1 aliphatic carbocycles. The maximum atomic E-state index is 11.0. The van der Waals surface area contributed by atoms with Crippen LogP contribution in [-0.4, -0.2) is 17.6 Å². The maximum Gasteiger partial charge on any atom is 0.311 e. The highest BCUT2D eigenvalue weighted by Crippen LogP contribution is 2.34. The molecule has 1 aliphatic rings. The standard InChI is InChI=1S/C12H15IN2O3/c13-9-4-5-12(10(6-9)15(16)17)18-11-3-1-2-8(11)7-14/h4-6,8,11H,1-3,7,14H2. The Morgan fingerprint density at radius 3 is 2.94 bits per heavy atom. The Hall–Kier alpha value is -0.890. The van der Waals surface area contributed by atoms with Crippen molar-refractivity contribution in [1.29, 1.82) is 0 Å². The number of hydrogen-bond donors (Lipinski definition) is 1. The summed E-state index contributed by atoms with van der Waals surface area (Å²) in [6.07, 6.45) is 3.04. The number of nitro benzene ring substituents is 1. The minimum Gasteiger partial charge on any atom is -0.483 e. The molecule has 2 unspecified atom stereocenters. The summed E-state index contributed by atoms with van der Waals surface area (Å²) in [4.78, 5) is 10.6. The van der Waals surface area contributed by atoms with E-state index in [0.29, 0.717) is 18.2 Å². The lowest BCUT2D eigenvalue weighted by atomic mass is 10.1. The van der Waals surface area contributed by atoms with E-state index in [1.807, 2.05) is 6.07 Å². The molecule has 1 fully saturated rings. The molecule has 1 saturated carbocycles. The molecule has 2 rings (SSSR count). The van der Waals surface area contributed by atoms with E-state index in [1.165, 1.54) is 6.07 Å². The van der Waals surface area contributed by atoms with Crippen LogP contribution in [-0.2, 0) is 0 Å². The average Bonchev–Trinajstić information content (AvgIpc) is 2.78.